The van der Waals surface area contributed by atoms with E-state index in [1.165, 1.54) is 0 Å². The van der Waals surface area contributed by atoms with Crippen LogP contribution in [0.3, 0.4) is 0 Å². The van der Waals surface area contributed by atoms with Crippen LogP contribution in [-0.4, -0.2) is 123 Å². The Morgan fingerprint density at radius 2 is 1.65 bits per heavy atom. The molecule has 0 unspecified atom stereocenters. The third-order valence-electron chi connectivity index (χ3n) is 5.91. The second-order valence-corrected chi connectivity index (χ2v) is 8.59. The molecular formula is C21H37N7O6. The maximum atomic E-state index is 13.1. The van der Waals surface area contributed by atoms with E-state index < -0.39 is 0 Å². The first-order valence-corrected chi connectivity index (χ1v) is 11.2. The standard InChI is InChI=1S/C19H33N7O2.2CH2O2/c1-13(2)25-7-9-26(10-8-25)19(28)15-5-6-16(12-24(4)11-15)20-18(27)17-14(3)21-23-22-17;2*2-1-3/h13,15-16H,5-12H2,1-4H3,(H,20,27)(H,21,22,23);2*1H,(H,2,3)/t15-,16+;;/m1../s1. The summed E-state index contributed by atoms with van der Waals surface area (Å²) in [6.07, 6.45) is 1.58. The van der Waals surface area contributed by atoms with Crippen molar-refractivity contribution in [1.29, 1.82) is 0 Å². The summed E-state index contributed by atoms with van der Waals surface area (Å²) in [6.45, 7) is 10.6. The monoisotopic (exact) mass is 483 g/mol. The zero-order valence-electron chi connectivity index (χ0n) is 20.3. The molecule has 13 heteroatoms. The maximum absolute atomic E-state index is 13.1. The van der Waals surface area contributed by atoms with Crippen molar-refractivity contribution in [2.75, 3.05) is 46.3 Å². The van der Waals surface area contributed by atoms with Crippen LogP contribution in [-0.2, 0) is 14.4 Å². The van der Waals surface area contributed by atoms with E-state index >= 15 is 0 Å². The van der Waals surface area contributed by atoms with Gasteiger partial charge in [-0.25, -0.2) is 0 Å². The van der Waals surface area contributed by atoms with Crippen LogP contribution in [0.5, 0.6) is 0 Å². The van der Waals surface area contributed by atoms with Crippen LogP contribution in [0.15, 0.2) is 0 Å². The molecule has 0 aliphatic carbocycles. The predicted molar refractivity (Wildman–Crippen MR) is 123 cm³/mol. The molecule has 192 valence electrons. The Bertz CT molecular complexity index is 773. The number of aromatic amines is 1. The number of aromatic nitrogens is 3. The van der Waals surface area contributed by atoms with Crippen LogP contribution < -0.4 is 5.32 Å². The number of carbonyl (C=O) groups is 4. The third-order valence-corrected chi connectivity index (χ3v) is 5.91. The van der Waals surface area contributed by atoms with Gasteiger partial charge in [-0.2, -0.15) is 15.4 Å². The number of amides is 2. The van der Waals surface area contributed by atoms with Crippen LogP contribution in [0.2, 0.25) is 0 Å². The smallest absolute Gasteiger partial charge is 0.290 e. The van der Waals surface area contributed by atoms with Crippen molar-refractivity contribution < 1.29 is 29.4 Å². The Hall–Kier alpha value is -3.06. The van der Waals surface area contributed by atoms with E-state index in [9.17, 15) is 9.59 Å². The number of carbonyl (C=O) groups excluding carboxylic acids is 2. The number of nitrogens with zero attached hydrogens (tertiary/aromatic N) is 5. The Balaban J connectivity index is 0.000000872. The molecule has 0 aromatic carbocycles. The van der Waals surface area contributed by atoms with Gasteiger partial charge >= 0.3 is 0 Å². The molecule has 0 radical (unpaired) electrons. The topological polar surface area (TPSA) is 172 Å². The van der Waals surface area contributed by atoms with Crippen molar-refractivity contribution in [3.63, 3.8) is 0 Å². The minimum Gasteiger partial charge on any atom is -0.483 e. The number of H-pyrrole nitrogens is 1. The van der Waals surface area contributed by atoms with Crippen molar-refractivity contribution in [2.24, 2.45) is 5.92 Å². The largest absolute Gasteiger partial charge is 0.483 e. The molecule has 1 aromatic rings. The molecule has 13 nitrogen and oxygen atoms in total. The van der Waals surface area contributed by atoms with Crippen molar-refractivity contribution in [3.05, 3.63) is 11.4 Å². The lowest BCUT2D eigenvalue weighted by Gasteiger charge is -2.38. The van der Waals surface area contributed by atoms with Gasteiger partial charge in [-0.3, -0.25) is 24.1 Å². The Morgan fingerprint density at radius 3 is 2.15 bits per heavy atom. The Kier molecular flexibility index (Phi) is 12.7. The van der Waals surface area contributed by atoms with Gasteiger partial charge in [-0.05, 0) is 40.7 Å². The summed E-state index contributed by atoms with van der Waals surface area (Å²) in [4.78, 5) is 48.8. The van der Waals surface area contributed by atoms with E-state index in [0.29, 0.717) is 17.4 Å². The number of rotatable bonds is 4. The first kappa shape index (κ1) is 29.0. The summed E-state index contributed by atoms with van der Waals surface area (Å²) in [6, 6.07) is 0.531. The molecule has 0 bridgehead atoms. The summed E-state index contributed by atoms with van der Waals surface area (Å²) in [5, 5.41) is 27.1. The number of carboxylic acid groups (broad SMARTS) is 2. The summed E-state index contributed by atoms with van der Waals surface area (Å²) < 4.78 is 0. The zero-order chi connectivity index (χ0) is 25.7. The van der Waals surface area contributed by atoms with E-state index in [1.54, 1.807) is 6.92 Å². The molecule has 3 heterocycles. The molecule has 2 atom stereocenters. The van der Waals surface area contributed by atoms with Crippen LogP contribution in [0, 0.1) is 12.8 Å². The number of aryl methyl sites for hydroxylation is 1. The fourth-order valence-corrected chi connectivity index (χ4v) is 4.20. The van der Waals surface area contributed by atoms with E-state index in [4.69, 9.17) is 19.8 Å². The fourth-order valence-electron chi connectivity index (χ4n) is 4.20. The minimum atomic E-state index is -0.250. The third kappa shape index (κ3) is 9.06. The first-order chi connectivity index (χ1) is 16.2. The maximum Gasteiger partial charge on any atom is 0.290 e. The van der Waals surface area contributed by atoms with Crippen LogP contribution >= 0.6 is 0 Å². The molecule has 2 amide bonds. The van der Waals surface area contributed by atoms with E-state index in [0.717, 1.165) is 52.1 Å². The summed E-state index contributed by atoms with van der Waals surface area (Å²) in [5.74, 6) is 0.0418. The second-order valence-electron chi connectivity index (χ2n) is 8.59. The lowest BCUT2D eigenvalue weighted by molar-refractivity contribution is -0.138. The average Bonchev–Trinajstić information content (AvgIpc) is 3.14. The van der Waals surface area contributed by atoms with Crippen LogP contribution in [0.25, 0.3) is 0 Å². The Labute approximate surface area is 199 Å². The number of hydrogen-bond acceptors (Lipinski definition) is 8. The second kappa shape index (κ2) is 15.0. The van der Waals surface area contributed by atoms with Crippen LogP contribution in [0.4, 0.5) is 0 Å². The average molecular weight is 484 g/mol. The van der Waals surface area contributed by atoms with E-state index in [1.807, 2.05) is 11.9 Å². The number of hydrogen-bond donors (Lipinski definition) is 4. The van der Waals surface area contributed by atoms with Gasteiger partial charge in [0.1, 0.15) is 0 Å². The molecule has 1 aromatic heterocycles. The highest BCUT2D eigenvalue weighted by molar-refractivity contribution is 5.93. The van der Waals surface area contributed by atoms with Crippen molar-refractivity contribution in [2.45, 2.75) is 45.7 Å². The van der Waals surface area contributed by atoms with Gasteiger partial charge < -0.3 is 25.3 Å². The van der Waals surface area contributed by atoms with Gasteiger partial charge in [0.25, 0.3) is 18.9 Å². The van der Waals surface area contributed by atoms with Gasteiger partial charge in [0.2, 0.25) is 5.91 Å². The van der Waals surface area contributed by atoms with E-state index in [2.05, 4.69) is 44.4 Å². The summed E-state index contributed by atoms with van der Waals surface area (Å²) in [5.41, 5.74) is 0.927. The van der Waals surface area contributed by atoms with Gasteiger partial charge in [0, 0.05) is 51.4 Å². The zero-order valence-corrected chi connectivity index (χ0v) is 20.3. The number of nitrogens with one attached hydrogen (secondary N) is 2. The number of piperazine rings is 1. The molecule has 3 rings (SSSR count). The van der Waals surface area contributed by atoms with Gasteiger partial charge in [0.05, 0.1) is 11.6 Å². The molecule has 4 N–H and O–H groups in total. The van der Waals surface area contributed by atoms with Gasteiger partial charge in [-0.1, -0.05) is 0 Å². The molecule has 2 fully saturated rings. The molecule has 34 heavy (non-hydrogen) atoms. The number of likely N-dealkylation sites (N-methyl/N-ethyl adjacent to an activating group) is 1. The quantitative estimate of drug-likeness (QED) is 0.409. The minimum absolute atomic E-state index is 0.00388. The molecule has 2 saturated heterocycles. The first-order valence-electron chi connectivity index (χ1n) is 11.2. The van der Waals surface area contributed by atoms with Gasteiger partial charge in [-0.15, -0.1) is 0 Å². The van der Waals surface area contributed by atoms with Gasteiger partial charge in [0.15, 0.2) is 5.69 Å². The van der Waals surface area contributed by atoms with Crippen molar-refractivity contribution in [1.82, 2.24) is 35.4 Å². The molecular weight excluding hydrogens is 446 g/mol. The predicted octanol–water partition coefficient (Wildman–Crippen LogP) is -0.492. The van der Waals surface area contributed by atoms with Crippen LogP contribution in [0.1, 0.15) is 42.9 Å². The highest BCUT2D eigenvalue weighted by Gasteiger charge is 2.32. The summed E-state index contributed by atoms with van der Waals surface area (Å²) >= 11 is 0. The summed E-state index contributed by atoms with van der Waals surface area (Å²) in [7, 11) is 2.02. The normalized spacial score (nSPS) is 21.3. The molecule has 0 spiro atoms. The van der Waals surface area contributed by atoms with Crippen molar-refractivity contribution in [3.8, 4) is 0 Å². The molecule has 0 saturated carbocycles. The number of likely N-dealkylation sites (tertiary alicyclic amines) is 1. The lowest BCUT2D eigenvalue weighted by Crippen LogP contribution is -2.52. The highest BCUT2D eigenvalue weighted by atomic mass is 16.3. The van der Waals surface area contributed by atoms with E-state index in [-0.39, 0.29) is 36.7 Å². The van der Waals surface area contributed by atoms with Crippen molar-refractivity contribution >= 4 is 24.8 Å². The Morgan fingerprint density at radius 1 is 1.06 bits per heavy atom. The fraction of sp³-hybridized carbons (Fsp3) is 0.714. The molecule has 2 aliphatic heterocycles. The SMILES string of the molecule is Cc1n[nH]nc1C(=O)N[C@H]1CC[C@@H](C(=O)N2CCN(C(C)C)CC2)CN(C)C1.O=CO.O=CO. The molecule has 2 aliphatic rings. The highest BCUT2D eigenvalue weighted by Crippen LogP contribution is 2.20. The lowest BCUT2D eigenvalue weighted by atomic mass is 9.99.